The second-order valence-corrected chi connectivity index (χ2v) is 5.18. The number of carbonyl (C=O) groups is 1. The summed E-state index contributed by atoms with van der Waals surface area (Å²) in [5, 5.41) is 0. The number of hydrogen-bond donors (Lipinski definition) is 0. The summed E-state index contributed by atoms with van der Waals surface area (Å²) in [4.78, 5) is 11.6. The van der Waals surface area contributed by atoms with Crippen molar-refractivity contribution in [3.05, 3.63) is 34.1 Å². The summed E-state index contributed by atoms with van der Waals surface area (Å²) in [6.45, 7) is 2.14. The first-order valence-corrected chi connectivity index (χ1v) is 6.88. The molecule has 0 spiro atoms. The summed E-state index contributed by atoms with van der Waals surface area (Å²) >= 11 is 3.20. The third-order valence-electron chi connectivity index (χ3n) is 2.71. The van der Waals surface area contributed by atoms with Crippen molar-refractivity contribution < 1.29 is 9.18 Å². The molecule has 0 aromatic heterocycles. The van der Waals surface area contributed by atoms with E-state index >= 15 is 0 Å². The molecule has 0 heterocycles. The van der Waals surface area contributed by atoms with Crippen LogP contribution in [0.4, 0.5) is 4.39 Å². The topological polar surface area (TPSA) is 17.1 Å². The molecular weight excluding hydrogens is 283 g/mol. The van der Waals surface area contributed by atoms with E-state index < -0.39 is 0 Å². The molecule has 17 heavy (non-hydrogen) atoms. The predicted octanol–water partition coefficient (Wildman–Crippen LogP) is 4.67. The lowest BCUT2D eigenvalue weighted by atomic mass is 10.0. The molecule has 3 heteroatoms. The molecular formula is C14H18BrFO. The quantitative estimate of drug-likeness (QED) is 0.669. The van der Waals surface area contributed by atoms with Gasteiger partial charge in [-0.05, 0) is 24.1 Å². The lowest BCUT2D eigenvalue weighted by Gasteiger charge is -2.03. The molecule has 0 aliphatic carbocycles. The molecule has 0 radical (unpaired) electrons. The van der Waals surface area contributed by atoms with Crippen molar-refractivity contribution in [3.8, 4) is 0 Å². The fourth-order valence-electron chi connectivity index (χ4n) is 1.71. The number of ketones is 1. The van der Waals surface area contributed by atoms with Crippen LogP contribution in [0.25, 0.3) is 0 Å². The summed E-state index contributed by atoms with van der Waals surface area (Å²) in [5.41, 5.74) is 0.494. The smallest absolute Gasteiger partial charge is 0.137 e. The first-order chi connectivity index (χ1) is 8.13. The number of rotatable bonds is 7. The van der Waals surface area contributed by atoms with Gasteiger partial charge < -0.3 is 0 Å². The van der Waals surface area contributed by atoms with Crippen molar-refractivity contribution in [2.24, 2.45) is 0 Å². The zero-order valence-corrected chi connectivity index (χ0v) is 11.7. The Morgan fingerprint density at radius 1 is 1.29 bits per heavy atom. The minimum atomic E-state index is -0.304. The molecule has 0 saturated heterocycles. The minimum absolute atomic E-state index is 0.127. The molecule has 1 aromatic rings. The molecule has 0 amide bonds. The molecule has 0 aliphatic heterocycles. The summed E-state index contributed by atoms with van der Waals surface area (Å²) in [5.74, 6) is -0.177. The monoisotopic (exact) mass is 300 g/mol. The summed E-state index contributed by atoms with van der Waals surface area (Å²) in [6, 6.07) is 4.84. The number of benzene rings is 1. The third kappa shape index (κ3) is 5.44. The van der Waals surface area contributed by atoms with Gasteiger partial charge in [0.15, 0.2) is 0 Å². The summed E-state index contributed by atoms with van der Waals surface area (Å²) < 4.78 is 14.2. The number of unbranched alkanes of at least 4 members (excludes halogenated alkanes) is 3. The maximum atomic E-state index is 13.5. The van der Waals surface area contributed by atoms with E-state index in [2.05, 4.69) is 22.9 Å². The van der Waals surface area contributed by atoms with Gasteiger partial charge in [-0.2, -0.15) is 0 Å². The fraction of sp³-hybridized carbons (Fsp3) is 0.500. The van der Waals surface area contributed by atoms with Crippen molar-refractivity contribution >= 4 is 21.7 Å². The highest BCUT2D eigenvalue weighted by Gasteiger charge is 2.08. The Morgan fingerprint density at radius 2 is 2.06 bits per heavy atom. The van der Waals surface area contributed by atoms with Crippen LogP contribution in [-0.2, 0) is 11.2 Å². The number of carbonyl (C=O) groups excluding carboxylic acids is 1. The van der Waals surface area contributed by atoms with Gasteiger partial charge in [-0.25, -0.2) is 4.39 Å². The van der Waals surface area contributed by atoms with E-state index in [0.717, 1.165) is 19.3 Å². The van der Waals surface area contributed by atoms with Gasteiger partial charge in [-0.3, -0.25) is 4.79 Å². The Labute approximate surface area is 111 Å². The van der Waals surface area contributed by atoms with Crippen LogP contribution in [-0.4, -0.2) is 5.78 Å². The Bertz CT molecular complexity index is 376. The Morgan fingerprint density at radius 3 is 2.71 bits per heavy atom. The largest absolute Gasteiger partial charge is 0.299 e. The van der Waals surface area contributed by atoms with E-state index in [4.69, 9.17) is 0 Å². The molecule has 1 aromatic carbocycles. The van der Waals surface area contributed by atoms with Crippen molar-refractivity contribution in [1.29, 1.82) is 0 Å². The van der Waals surface area contributed by atoms with Crippen molar-refractivity contribution in [3.63, 3.8) is 0 Å². The zero-order chi connectivity index (χ0) is 12.7. The molecule has 0 saturated carbocycles. The maximum absolute atomic E-state index is 13.5. The van der Waals surface area contributed by atoms with E-state index in [1.165, 1.54) is 12.5 Å². The highest BCUT2D eigenvalue weighted by Crippen LogP contribution is 2.16. The van der Waals surface area contributed by atoms with Gasteiger partial charge in [-0.15, -0.1) is 0 Å². The normalized spacial score (nSPS) is 10.5. The van der Waals surface area contributed by atoms with Gasteiger partial charge >= 0.3 is 0 Å². The van der Waals surface area contributed by atoms with E-state index in [-0.39, 0.29) is 18.0 Å². The second kappa shape index (κ2) is 7.59. The Kier molecular flexibility index (Phi) is 6.41. The average Bonchev–Trinajstić information content (AvgIpc) is 2.28. The molecule has 0 N–H and O–H groups in total. The first-order valence-electron chi connectivity index (χ1n) is 6.09. The van der Waals surface area contributed by atoms with Gasteiger partial charge in [0.25, 0.3) is 0 Å². The molecule has 0 fully saturated rings. The lowest BCUT2D eigenvalue weighted by molar-refractivity contribution is -0.118. The molecule has 94 valence electrons. The Balaban J connectivity index is 2.40. The van der Waals surface area contributed by atoms with Crippen molar-refractivity contribution in [1.82, 2.24) is 0 Å². The third-order valence-corrected chi connectivity index (χ3v) is 3.21. The van der Waals surface area contributed by atoms with Crippen LogP contribution in [0.2, 0.25) is 0 Å². The molecule has 0 bridgehead atoms. The first kappa shape index (κ1) is 14.4. The van der Waals surface area contributed by atoms with E-state index in [1.54, 1.807) is 12.1 Å². The van der Waals surface area contributed by atoms with E-state index in [9.17, 15) is 9.18 Å². The minimum Gasteiger partial charge on any atom is -0.299 e. The van der Waals surface area contributed by atoms with Crippen molar-refractivity contribution in [2.75, 3.05) is 0 Å². The van der Waals surface area contributed by atoms with Crippen LogP contribution in [0.3, 0.4) is 0 Å². The van der Waals surface area contributed by atoms with Crippen LogP contribution in [0, 0.1) is 5.82 Å². The number of Topliss-reactive ketones (excluding diaryl/α,β-unsaturated/α-hetero) is 1. The molecule has 1 nitrogen and oxygen atoms in total. The molecule has 0 unspecified atom stereocenters. The van der Waals surface area contributed by atoms with Gasteiger partial charge in [-0.1, -0.05) is 48.2 Å². The number of hydrogen-bond acceptors (Lipinski definition) is 1. The second-order valence-electron chi connectivity index (χ2n) is 4.26. The summed E-state index contributed by atoms with van der Waals surface area (Å²) in [6.07, 6.45) is 5.12. The van der Waals surface area contributed by atoms with Crippen LogP contribution < -0.4 is 0 Å². The van der Waals surface area contributed by atoms with Crippen LogP contribution >= 0.6 is 15.9 Å². The summed E-state index contributed by atoms with van der Waals surface area (Å²) in [7, 11) is 0. The van der Waals surface area contributed by atoms with Crippen LogP contribution in [0.5, 0.6) is 0 Å². The van der Waals surface area contributed by atoms with Crippen LogP contribution in [0.1, 0.15) is 44.6 Å². The molecule has 0 aliphatic rings. The molecule has 1 rings (SSSR count). The number of halogens is 2. The average molecular weight is 301 g/mol. The fourth-order valence-corrected chi connectivity index (χ4v) is 2.05. The maximum Gasteiger partial charge on any atom is 0.137 e. The zero-order valence-electron chi connectivity index (χ0n) is 10.1. The van der Waals surface area contributed by atoms with E-state index in [0.29, 0.717) is 16.5 Å². The molecule has 0 atom stereocenters. The highest BCUT2D eigenvalue weighted by molar-refractivity contribution is 9.10. The SMILES string of the molecule is CCCCCCC(=O)Cc1ccc(Br)cc1F. The van der Waals surface area contributed by atoms with Crippen LogP contribution in [0.15, 0.2) is 22.7 Å². The van der Waals surface area contributed by atoms with Gasteiger partial charge in [0.2, 0.25) is 0 Å². The predicted molar refractivity (Wildman–Crippen MR) is 71.6 cm³/mol. The van der Waals surface area contributed by atoms with Crippen molar-refractivity contribution in [2.45, 2.75) is 45.4 Å². The lowest BCUT2D eigenvalue weighted by Crippen LogP contribution is -2.04. The van der Waals surface area contributed by atoms with Gasteiger partial charge in [0, 0.05) is 17.3 Å². The Hall–Kier alpha value is -0.700. The van der Waals surface area contributed by atoms with Gasteiger partial charge in [0.1, 0.15) is 11.6 Å². The highest BCUT2D eigenvalue weighted by atomic mass is 79.9. The van der Waals surface area contributed by atoms with Gasteiger partial charge in [0.05, 0.1) is 0 Å². The van der Waals surface area contributed by atoms with E-state index in [1.807, 2.05) is 0 Å². The standard InChI is InChI=1S/C14H18BrFO/c1-2-3-4-5-6-13(17)9-11-7-8-12(15)10-14(11)16/h7-8,10H,2-6,9H2,1H3.